The Kier molecular flexibility index (Phi) is 2.46. The van der Waals surface area contributed by atoms with Crippen molar-refractivity contribution in [2.24, 2.45) is 5.92 Å². The van der Waals surface area contributed by atoms with Crippen molar-refractivity contribution in [3.05, 3.63) is 28.2 Å². The summed E-state index contributed by atoms with van der Waals surface area (Å²) in [6.45, 7) is 0. The molecule has 3 rings (SSSR count). The number of nitrogens with zero attached hydrogens (tertiary/aromatic N) is 1. The average Bonchev–Trinajstić information content (AvgIpc) is 2.54. The van der Waals surface area contributed by atoms with Crippen molar-refractivity contribution in [1.82, 2.24) is 9.97 Å². The second-order valence-electron chi connectivity index (χ2n) is 4.47. The van der Waals surface area contributed by atoms with E-state index in [9.17, 15) is 4.39 Å². The molecule has 1 aliphatic rings. The van der Waals surface area contributed by atoms with Gasteiger partial charge < -0.3 is 4.98 Å². The van der Waals surface area contributed by atoms with Gasteiger partial charge in [-0.05, 0) is 27.9 Å². The molecular weight excluding hydrogens is 271 g/mol. The minimum Gasteiger partial charge on any atom is -0.342 e. The number of halogens is 2. The van der Waals surface area contributed by atoms with Crippen LogP contribution >= 0.6 is 15.9 Å². The van der Waals surface area contributed by atoms with E-state index in [1.54, 1.807) is 6.07 Å². The molecule has 0 unspecified atom stereocenters. The minimum atomic E-state index is -0.244. The Morgan fingerprint density at radius 2 is 2.25 bits per heavy atom. The standard InChI is InChI=1S/C12H12BrFN2/c13-8-5-10-11(6-9(8)14)16-12(15-10)4-7-2-1-3-7/h5-7H,1-4H2,(H,15,16). The van der Waals surface area contributed by atoms with Crippen LogP contribution in [-0.4, -0.2) is 9.97 Å². The summed E-state index contributed by atoms with van der Waals surface area (Å²) in [6, 6.07) is 3.22. The van der Waals surface area contributed by atoms with Gasteiger partial charge in [0.15, 0.2) is 0 Å². The van der Waals surface area contributed by atoms with Crippen LogP contribution in [0.15, 0.2) is 16.6 Å². The zero-order valence-corrected chi connectivity index (χ0v) is 10.3. The van der Waals surface area contributed by atoms with E-state index in [2.05, 4.69) is 25.9 Å². The minimum absolute atomic E-state index is 0.244. The number of hydrogen-bond acceptors (Lipinski definition) is 1. The Hall–Kier alpha value is -0.900. The molecule has 0 atom stereocenters. The van der Waals surface area contributed by atoms with Gasteiger partial charge in [0.2, 0.25) is 0 Å². The molecule has 2 aromatic rings. The molecule has 0 amide bonds. The first kappa shape index (κ1) is 10.3. The van der Waals surface area contributed by atoms with Crippen LogP contribution in [0.2, 0.25) is 0 Å². The van der Waals surface area contributed by atoms with E-state index >= 15 is 0 Å². The quantitative estimate of drug-likeness (QED) is 0.892. The summed E-state index contributed by atoms with van der Waals surface area (Å²) in [6.07, 6.45) is 4.93. The number of fused-ring (bicyclic) bond motifs is 1. The van der Waals surface area contributed by atoms with Crippen molar-refractivity contribution >= 4 is 27.0 Å². The summed E-state index contributed by atoms with van der Waals surface area (Å²) >= 11 is 3.17. The third kappa shape index (κ3) is 1.75. The molecule has 0 saturated heterocycles. The number of aromatic amines is 1. The third-order valence-electron chi connectivity index (χ3n) is 3.28. The van der Waals surface area contributed by atoms with Crippen molar-refractivity contribution in [3.63, 3.8) is 0 Å². The monoisotopic (exact) mass is 282 g/mol. The average molecular weight is 283 g/mol. The summed E-state index contributed by atoms with van der Waals surface area (Å²) in [7, 11) is 0. The lowest BCUT2D eigenvalue weighted by molar-refractivity contribution is 0.310. The molecule has 84 valence electrons. The highest BCUT2D eigenvalue weighted by atomic mass is 79.9. The maximum absolute atomic E-state index is 13.3. The van der Waals surface area contributed by atoms with Crippen LogP contribution in [0.3, 0.4) is 0 Å². The van der Waals surface area contributed by atoms with E-state index in [1.165, 1.54) is 25.3 Å². The van der Waals surface area contributed by atoms with Crippen LogP contribution in [0, 0.1) is 11.7 Å². The SMILES string of the molecule is Fc1cc2[nH]c(CC3CCC3)nc2cc1Br. The molecular formula is C12H12BrFN2. The molecule has 1 aliphatic carbocycles. The number of hydrogen-bond donors (Lipinski definition) is 1. The molecule has 1 fully saturated rings. The largest absolute Gasteiger partial charge is 0.342 e. The van der Waals surface area contributed by atoms with E-state index in [0.29, 0.717) is 4.47 Å². The second-order valence-corrected chi connectivity index (χ2v) is 5.32. The highest BCUT2D eigenvalue weighted by molar-refractivity contribution is 9.10. The Labute approximate surface area is 101 Å². The maximum atomic E-state index is 13.3. The van der Waals surface area contributed by atoms with E-state index < -0.39 is 0 Å². The first-order valence-electron chi connectivity index (χ1n) is 5.56. The molecule has 1 N–H and O–H groups in total. The first-order valence-corrected chi connectivity index (χ1v) is 6.35. The van der Waals surface area contributed by atoms with Gasteiger partial charge in [0.1, 0.15) is 11.6 Å². The Morgan fingerprint density at radius 3 is 2.94 bits per heavy atom. The van der Waals surface area contributed by atoms with Gasteiger partial charge in [-0.25, -0.2) is 9.37 Å². The fourth-order valence-electron chi connectivity index (χ4n) is 2.12. The molecule has 1 aromatic heterocycles. The summed E-state index contributed by atoms with van der Waals surface area (Å²) in [4.78, 5) is 7.68. The number of nitrogens with one attached hydrogen (secondary N) is 1. The molecule has 1 aromatic carbocycles. The fraction of sp³-hybridized carbons (Fsp3) is 0.417. The van der Waals surface area contributed by atoms with Crippen molar-refractivity contribution in [2.75, 3.05) is 0 Å². The lowest BCUT2D eigenvalue weighted by Crippen LogP contribution is -2.14. The number of H-pyrrole nitrogens is 1. The topological polar surface area (TPSA) is 28.7 Å². The van der Waals surface area contributed by atoms with Crippen molar-refractivity contribution in [3.8, 4) is 0 Å². The molecule has 4 heteroatoms. The zero-order chi connectivity index (χ0) is 11.1. The Morgan fingerprint density at radius 1 is 1.44 bits per heavy atom. The van der Waals surface area contributed by atoms with Gasteiger partial charge in [0.25, 0.3) is 0 Å². The van der Waals surface area contributed by atoms with Crippen molar-refractivity contribution in [2.45, 2.75) is 25.7 Å². The van der Waals surface area contributed by atoms with Gasteiger partial charge >= 0.3 is 0 Å². The van der Waals surface area contributed by atoms with Gasteiger partial charge in [-0.2, -0.15) is 0 Å². The van der Waals surface area contributed by atoms with Crippen LogP contribution in [0.1, 0.15) is 25.1 Å². The van der Waals surface area contributed by atoms with Crippen LogP contribution < -0.4 is 0 Å². The number of benzene rings is 1. The summed E-state index contributed by atoms with van der Waals surface area (Å²) in [5.74, 6) is 1.51. The second kappa shape index (κ2) is 3.84. The summed E-state index contributed by atoms with van der Waals surface area (Å²) in [5.41, 5.74) is 1.62. The first-order chi connectivity index (χ1) is 7.72. The predicted molar refractivity (Wildman–Crippen MR) is 64.8 cm³/mol. The van der Waals surface area contributed by atoms with Crippen molar-refractivity contribution < 1.29 is 4.39 Å². The molecule has 2 nitrogen and oxygen atoms in total. The van der Waals surface area contributed by atoms with Gasteiger partial charge in [0.05, 0.1) is 15.5 Å². The summed E-state index contributed by atoms with van der Waals surface area (Å²) < 4.78 is 13.8. The molecule has 0 spiro atoms. The smallest absolute Gasteiger partial charge is 0.139 e. The number of imidazole rings is 1. The van der Waals surface area contributed by atoms with E-state index in [0.717, 1.165) is 29.2 Å². The van der Waals surface area contributed by atoms with Crippen LogP contribution in [0.4, 0.5) is 4.39 Å². The van der Waals surface area contributed by atoms with Crippen molar-refractivity contribution in [1.29, 1.82) is 0 Å². The lowest BCUT2D eigenvalue weighted by Gasteiger charge is -2.23. The van der Waals surface area contributed by atoms with Gasteiger partial charge in [-0.1, -0.05) is 19.3 Å². The Bertz CT molecular complexity index is 492. The van der Waals surface area contributed by atoms with Gasteiger partial charge in [-0.3, -0.25) is 0 Å². The molecule has 0 radical (unpaired) electrons. The third-order valence-corrected chi connectivity index (χ3v) is 3.89. The van der Waals surface area contributed by atoms with E-state index in [-0.39, 0.29) is 5.82 Å². The predicted octanol–water partition coefficient (Wildman–Crippen LogP) is 3.81. The van der Waals surface area contributed by atoms with E-state index in [4.69, 9.17) is 0 Å². The molecule has 0 aliphatic heterocycles. The maximum Gasteiger partial charge on any atom is 0.139 e. The summed E-state index contributed by atoms with van der Waals surface area (Å²) in [5, 5.41) is 0. The molecule has 0 bridgehead atoms. The normalized spacial score (nSPS) is 16.6. The van der Waals surface area contributed by atoms with Crippen LogP contribution in [0.25, 0.3) is 11.0 Å². The van der Waals surface area contributed by atoms with E-state index in [1.807, 2.05) is 0 Å². The Balaban J connectivity index is 1.95. The fourth-order valence-corrected chi connectivity index (χ4v) is 2.46. The van der Waals surface area contributed by atoms with Crippen LogP contribution in [0.5, 0.6) is 0 Å². The number of aromatic nitrogens is 2. The molecule has 1 saturated carbocycles. The molecule has 1 heterocycles. The highest BCUT2D eigenvalue weighted by Crippen LogP contribution is 2.30. The van der Waals surface area contributed by atoms with Gasteiger partial charge in [-0.15, -0.1) is 0 Å². The highest BCUT2D eigenvalue weighted by Gasteiger charge is 2.19. The lowest BCUT2D eigenvalue weighted by atomic mass is 9.83. The zero-order valence-electron chi connectivity index (χ0n) is 8.76. The number of rotatable bonds is 2. The van der Waals surface area contributed by atoms with Crippen LogP contribution in [-0.2, 0) is 6.42 Å². The molecule has 16 heavy (non-hydrogen) atoms. The van der Waals surface area contributed by atoms with Gasteiger partial charge in [0, 0.05) is 12.5 Å².